The lowest BCUT2D eigenvalue weighted by molar-refractivity contribution is -0.116. The van der Waals surface area contributed by atoms with E-state index in [9.17, 15) is 18.0 Å². The van der Waals surface area contributed by atoms with Crippen molar-refractivity contribution in [2.24, 2.45) is 0 Å². The standard InChI is InChI=1S/C21H22N2O6S2/c1-13(10-21(25)22-14-2-4-17-18(11-14)29-8-7-28-17)31(26,27)15-3-5-19-16(12-15)23-20(24)6-9-30-19/h2-5,11-13H,6-10H2,1H3,(H,22,25)(H,23,24)/t13-/m0/s1. The highest BCUT2D eigenvalue weighted by atomic mass is 32.2. The van der Waals surface area contributed by atoms with Crippen LogP contribution in [-0.4, -0.2) is 44.4 Å². The van der Waals surface area contributed by atoms with Gasteiger partial charge in [0.1, 0.15) is 13.2 Å². The van der Waals surface area contributed by atoms with Gasteiger partial charge in [-0.25, -0.2) is 8.42 Å². The molecule has 2 heterocycles. The van der Waals surface area contributed by atoms with Gasteiger partial charge in [0.25, 0.3) is 0 Å². The molecule has 0 bridgehead atoms. The number of hydrogen-bond donors (Lipinski definition) is 2. The molecule has 164 valence electrons. The zero-order chi connectivity index (χ0) is 22.0. The first-order valence-electron chi connectivity index (χ1n) is 9.83. The molecule has 0 saturated heterocycles. The monoisotopic (exact) mass is 462 g/mol. The maximum absolute atomic E-state index is 13.0. The molecule has 0 aliphatic carbocycles. The highest BCUT2D eigenvalue weighted by Gasteiger charge is 2.27. The predicted octanol–water partition coefficient (Wildman–Crippen LogP) is 3.08. The van der Waals surface area contributed by atoms with Crippen LogP contribution in [-0.2, 0) is 19.4 Å². The Bertz CT molecular complexity index is 1130. The second-order valence-corrected chi connectivity index (χ2v) is 10.8. The van der Waals surface area contributed by atoms with Crippen LogP contribution in [0.3, 0.4) is 0 Å². The van der Waals surface area contributed by atoms with Gasteiger partial charge in [-0.2, -0.15) is 0 Å². The van der Waals surface area contributed by atoms with Gasteiger partial charge in [0.15, 0.2) is 21.3 Å². The van der Waals surface area contributed by atoms with Crippen molar-refractivity contribution in [3.8, 4) is 11.5 Å². The Balaban J connectivity index is 1.45. The molecule has 31 heavy (non-hydrogen) atoms. The van der Waals surface area contributed by atoms with Crippen molar-refractivity contribution >= 4 is 44.8 Å². The summed E-state index contributed by atoms with van der Waals surface area (Å²) in [4.78, 5) is 25.2. The lowest BCUT2D eigenvalue weighted by atomic mass is 10.2. The van der Waals surface area contributed by atoms with Crippen molar-refractivity contribution in [1.82, 2.24) is 0 Å². The van der Waals surface area contributed by atoms with Gasteiger partial charge in [0, 0.05) is 35.2 Å². The lowest BCUT2D eigenvalue weighted by Gasteiger charge is -2.19. The average molecular weight is 463 g/mol. The quantitative estimate of drug-likeness (QED) is 0.702. The van der Waals surface area contributed by atoms with Gasteiger partial charge in [-0.05, 0) is 37.3 Å². The molecule has 0 fully saturated rings. The van der Waals surface area contributed by atoms with E-state index < -0.39 is 21.0 Å². The van der Waals surface area contributed by atoms with Gasteiger partial charge in [-0.3, -0.25) is 9.59 Å². The second kappa shape index (κ2) is 8.80. The fourth-order valence-electron chi connectivity index (χ4n) is 3.31. The summed E-state index contributed by atoms with van der Waals surface area (Å²) in [6.45, 7) is 2.40. The highest BCUT2D eigenvalue weighted by Crippen LogP contribution is 2.34. The summed E-state index contributed by atoms with van der Waals surface area (Å²) in [6, 6.07) is 9.71. The Morgan fingerprint density at radius 2 is 1.94 bits per heavy atom. The maximum atomic E-state index is 13.0. The number of thioether (sulfide) groups is 1. The number of carbonyl (C=O) groups excluding carboxylic acids is 2. The number of carbonyl (C=O) groups is 2. The summed E-state index contributed by atoms with van der Waals surface area (Å²) in [5, 5.41) is 4.51. The first kappa shape index (κ1) is 21.5. The van der Waals surface area contributed by atoms with Gasteiger partial charge in [0.05, 0.1) is 15.8 Å². The van der Waals surface area contributed by atoms with Crippen LogP contribution in [0.5, 0.6) is 11.5 Å². The number of ether oxygens (including phenoxy) is 2. The van der Waals surface area contributed by atoms with E-state index in [1.165, 1.54) is 30.8 Å². The Hall–Kier alpha value is -2.72. The van der Waals surface area contributed by atoms with Crippen molar-refractivity contribution < 1.29 is 27.5 Å². The number of rotatable bonds is 5. The van der Waals surface area contributed by atoms with Crippen LogP contribution in [0, 0.1) is 0 Å². The minimum Gasteiger partial charge on any atom is -0.486 e. The Morgan fingerprint density at radius 1 is 1.16 bits per heavy atom. The molecule has 8 nitrogen and oxygen atoms in total. The van der Waals surface area contributed by atoms with Crippen LogP contribution in [0.4, 0.5) is 11.4 Å². The molecule has 0 saturated carbocycles. The molecule has 2 aliphatic rings. The van der Waals surface area contributed by atoms with E-state index in [4.69, 9.17) is 9.47 Å². The Morgan fingerprint density at radius 3 is 2.74 bits per heavy atom. The lowest BCUT2D eigenvalue weighted by Crippen LogP contribution is -2.25. The molecule has 2 N–H and O–H groups in total. The van der Waals surface area contributed by atoms with Gasteiger partial charge in [-0.15, -0.1) is 11.8 Å². The van der Waals surface area contributed by atoms with Crippen molar-refractivity contribution in [3.05, 3.63) is 36.4 Å². The summed E-state index contributed by atoms with van der Waals surface area (Å²) < 4.78 is 37.0. The fraction of sp³-hybridized carbons (Fsp3) is 0.333. The van der Waals surface area contributed by atoms with Crippen LogP contribution in [0.25, 0.3) is 0 Å². The minimum absolute atomic E-state index is 0.0775. The second-order valence-electron chi connectivity index (χ2n) is 7.27. The predicted molar refractivity (Wildman–Crippen MR) is 118 cm³/mol. The van der Waals surface area contributed by atoms with Crippen LogP contribution in [0.15, 0.2) is 46.2 Å². The summed E-state index contributed by atoms with van der Waals surface area (Å²) in [5.74, 6) is 1.21. The number of sulfone groups is 1. The molecule has 4 rings (SSSR count). The Labute approximate surface area is 184 Å². The third-order valence-corrected chi connectivity index (χ3v) is 8.18. The first-order valence-corrected chi connectivity index (χ1v) is 12.4. The SMILES string of the molecule is C[C@@H](CC(=O)Nc1ccc2c(c1)OCCO2)S(=O)(=O)c1ccc2c(c1)NC(=O)CCS2. The largest absolute Gasteiger partial charge is 0.486 e. The molecular formula is C21H22N2O6S2. The van der Waals surface area contributed by atoms with Crippen LogP contribution < -0.4 is 20.1 Å². The number of anilines is 2. The number of hydrogen-bond acceptors (Lipinski definition) is 7. The van der Waals surface area contributed by atoms with E-state index >= 15 is 0 Å². The van der Waals surface area contributed by atoms with Crippen molar-refractivity contribution in [2.45, 2.75) is 34.8 Å². The van der Waals surface area contributed by atoms with Gasteiger partial charge >= 0.3 is 0 Å². The number of benzene rings is 2. The van der Waals surface area contributed by atoms with E-state index in [0.29, 0.717) is 48.3 Å². The van der Waals surface area contributed by atoms with E-state index in [0.717, 1.165) is 4.90 Å². The smallest absolute Gasteiger partial charge is 0.225 e. The van der Waals surface area contributed by atoms with E-state index in [1.54, 1.807) is 24.3 Å². The average Bonchev–Trinajstić information content (AvgIpc) is 2.93. The van der Waals surface area contributed by atoms with Crippen LogP contribution in [0.2, 0.25) is 0 Å². The van der Waals surface area contributed by atoms with Gasteiger partial charge in [0.2, 0.25) is 11.8 Å². The zero-order valence-electron chi connectivity index (χ0n) is 16.8. The first-order chi connectivity index (χ1) is 14.8. The van der Waals surface area contributed by atoms with Gasteiger partial charge < -0.3 is 20.1 Å². The van der Waals surface area contributed by atoms with E-state index in [2.05, 4.69) is 10.6 Å². The minimum atomic E-state index is -3.77. The van der Waals surface area contributed by atoms with Gasteiger partial charge in [-0.1, -0.05) is 0 Å². The van der Waals surface area contributed by atoms with E-state index in [1.807, 2.05) is 0 Å². The van der Waals surface area contributed by atoms with Crippen molar-refractivity contribution in [1.29, 1.82) is 0 Å². The zero-order valence-corrected chi connectivity index (χ0v) is 18.5. The highest BCUT2D eigenvalue weighted by molar-refractivity contribution is 7.99. The molecule has 0 spiro atoms. The summed E-state index contributed by atoms with van der Waals surface area (Å²) >= 11 is 1.50. The molecule has 0 aromatic heterocycles. The van der Waals surface area contributed by atoms with E-state index in [-0.39, 0.29) is 17.2 Å². The summed E-state index contributed by atoms with van der Waals surface area (Å²) in [7, 11) is -3.77. The number of nitrogens with one attached hydrogen (secondary N) is 2. The molecule has 10 heteroatoms. The van der Waals surface area contributed by atoms with Crippen molar-refractivity contribution in [3.63, 3.8) is 0 Å². The van der Waals surface area contributed by atoms with Crippen LogP contribution in [0.1, 0.15) is 19.8 Å². The molecule has 2 aliphatic heterocycles. The normalized spacial score (nSPS) is 16.5. The third kappa shape index (κ3) is 4.80. The fourth-order valence-corrected chi connectivity index (χ4v) is 5.62. The van der Waals surface area contributed by atoms with Crippen molar-refractivity contribution in [2.75, 3.05) is 29.6 Å². The summed E-state index contributed by atoms with van der Waals surface area (Å²) in [5.41, 5.74) is 0.991. The molecule has 0 unspecified atom stereocenters. The molecule has 2 amide bonds. The molecule has 0 radical (unpaired) electrons. The molecule has 1 atom stereocenters. The molecule has 2 aromatic rings. The summed E-state index contributed by atoms with van der Waals surface area (Å²) in [6.07, 6.45) is 0.160. The van der Waals surface area contributed by atoms with Crippen LogP contribution >= 0.6 is 11.8 Å². The molecular weight excluding hydrogens is 440 g/mol. The topological polar surface area (TPSA) is 111 Å². The third-order valence-electron chi connectivity index (χ3n) is 4.97. The molecule has 2 aromatic carbocycles. The number of fused-ring (bicyclic) bond motifs is 2. The maximum Gasteiger partial charge on any atom is 0.225 e. The Kier molecular flexibility index (Phi) is 6.10. The number of amides is 2.